The highest BCUT2D eigenvalue weighted by atomic mass is 32.2. The van der Waals surface area contributed by atoms with E-state index in [1.807, 2.05) is 11.8 Å². The predicted octanol–water partition coefficient (Wildman–Crippen LogP) is 13.0. The van der Waals surface area contributed by atoms with E-state index in [-0.39, 0.29) is 21.7 Å². The molecule has 0 aromatic heterocycles. The molecule has 308 valence electrons. The first-order valence-corrected chi connectivity index (χ1v) is 22.6. The van der Waals surface area contributed by atoms with Gasteiger partial charge in [-0.25, -0.2) is 0 Å². The Morgan fingerprint density at radius 1 is 0.386 bits per heavy atom. The Balaban J connectivity index is 1.74. The van der Waals surface area contributed by atoms with Crippen molar-refractivity contribution in [3.8, 4) is 23.0 Å². The summed E-state index contributed by atoms with van der Waals surface area (Å²) in [6.45, 7) is 28.4. The molecule has 0 unspecified atom stereocenters. The van der Waals surface area contributed by atoms with Gasteiger partial charge in [0.05, 0.1) is 13.2 Å². The maximum Gasteiger partial charge on any atom is 0.126 e. The highest BCUT2D eigenvalue weighted by Crippen LogP contribution is 2.44. The molecule has 0 spiro atoms. The third kappa shape index (κ3) is 10.2. The van der Waals surface area contributed by atoms with Gasteiger partial charge >= 0.3 is 0 Å². The molecule has 5 heteroatoms. The molecular weight excluding hydrogens is 721 g/mol. The largest absolute Gasteiger partial charge is 0.507 e. The molecule has 4 aromatic rings. The fourth-order valence-electron chi connectivity index (χ4n) is 8.08. The lowest BCUT2D eigenvalue weighted by molar-refractivity contribution is 0.303. The Kier molecular flexibility index (Phi) is 12.5. The fourth-order valence-corrected chi connectivity index (χ4v) is 9.10. The molecule has 0 saturated heterocycles. The second kappa shape index (κ2) is 16.6. The normalized spacial score (nSPS) is 16.3. The van der Waals surface area contributed by atoms with E-state index in [0.717, 1.165) is 93.2 Å². The summed E-state index contributed by atoms with van der Waals surface area (Å²) in [4.78, 5) is 0. The summed E-state index contributed by atoms with van der Waals surface area (Å²) in [5, 5.41) is 24.9. The van der Waals surface area contributed by atoms with Gasteiger partial charge in [0, 0.05) is 25.7 Å². The fraction of sp³-hybridized carbons (Fsp3) is 0.538. The minimum atomic E-state index is -0.135. The summed E-state index contributed by atoms with van der Waals surface area (Å²) in [6.07, 6.45) is 6.23. The molecule has 6 rings (SSSR count). The van der Waals surface area contributed by atoms with Crippen molar-refractivity contribution in [3.05, 3.63) is 115 Å². The number of thioether (sulfide) groups is 1. The first-order chi connectivity index (χ1) is 26.6. The van der Waals surface area contributed by atoms with Crippen LogP contribution in [-0.2, 0) is 47.3 Å². The van der Waals surface area contributed by atoms with E-state index in [9.17, 15) is 10.2 Å². The van der Waals surface area contributed by atoms with Crippen molar-refractivity contribution in [1.29, 1.82) is 0 Å². The maximum atomic E-state index is 12.4. The first-order valence-electron chi connectivity index (χ1n) is 21.5. The van der Waals surface area contributed by atoms with E-state index in [4.69, 9.17) is 9.47 Å². The Morgan fingerprint density at radius 2 is 0.632 bits per heavy atom. The molecule has 1 heterocycles. The Labute approximate surface area is 349 Å². The van der Waals surface area contributed by atoms with Crippen LogP contribution < -0.4 is 9.47 Å². The summed E-state index contributed by atoms with van der Waals surface area (Å²) in [7, 11) is 0. The van der Waals surface area contributed by atoms with Crippen LogP contribution in [0.3, 0.4) is 0 Å². The smallest absolute Gasteiger partial charge is 0.126 e. The molecule has 0 amide bonds. The lowest BCUT2D eigenvalue weighted by Crippen LogP contribution is -2.17. The number of phenols is 2. The molecule has 2 N–H and O–H groups in total. The van der Waals surface area contributed by atoms with Crippen LogP contribution in [0, 0.1) is 0 Å². The van der Waals surface area contributed by atoms with Crippen LogP contribution >= 0.6 is 11.8 Å². The number of aromatic hydroxyl groups is 2. The molecule has 57 heavy (non-hydrogen) atoms. The van der Waals surface area contributed by atoms with Crippen molar-refractivity contribution in [3.63, 3.8) is 0 Å². The molecule has 1 aliphatic heterocycles. The molecule has 2 aliphatic rings. The summed E-state index contributed by atoms with van der Waals surface area (Å²) < 4.78 is 13.9. The van der Waals surface area contributed by atoms with Crippen LogP contribution in [0.4, 0.5) is 0 Å². The van der Waals surface area contributed by atoms with Crippen molar-refractivity contribution in [2.45, 2.75) is 156 Å². The highest BCUT2D eigenvalue weighted by molar-refractivity contribution is 7.99. The van der Waals surface area contributed by atoms with Gasteiger partial charge in [0.1, 0.15) is 23.0 Å². The van der Waals surface area contributed by atoms with Gasteiger partial charge in [-0.3, -0.25) is 0 Å². The van der Waals surface area contributed by atoms with Crippen molar-refractivity contribution in [1.82, 2.24) is 0 Å². The summed E-state index contributed by atoms with van der Waals surface area (Å²) in [5.74, 6) is 4.70. The SMILES string of the molecule is CC(C)(C)c1cc2c(O)c(c1)Cc1cc(C(C)(C)C)cc3c1OCCCCSCCCCOc1c(cc(C(C)(C)C)cc1Cc1cc(C(C)(C)C)cc(c1O)C3)C2. The standard InChI is InChI=1S/C52H70O4S/c1-49(2,3)41-25-33-21-37-29-43(51(7,8)9)31-39-23-35-27-42(50(4,5)6)28-36(46(35)54)24-40-32-44(52(10,11)12)30-38(22-34(26-41)45(33)53)48(40)56-18-14-16-20-57-19-15-13-17-55-47(37)39/h25-32,53-54H,13-24H2,1-12H3. The van der Waals surface area contributed by atoms with Crippen LogP contribution in [0.5, 0.6) is 23.0 Å². The van der Waals surface area contributed by atoms with E-state index < -0.39 is 0 Å². The molecule has 4 aromatic carbocycles. The van der Waals surface area contributed by atoms with Gasteiger partial charge < -0.3 is 19.7 Å². The average molecular weight is 791 g/mol. The third-order valence-corrected chi connectivity index (χ3v) is 13.0. The molecular formula is C52H70O4S. The lowest BCUT2D eigenvalue weighted by Gasteiger charge is -2.28. The van der Waals surface area contributed by atoms with Crippen LogP contribution in [0.1, 0.15) is 176 Å². The molecule has 1 aliphatic carbocycles. The third-order valence-electron chi connectivity index (χ3n) is 11.9. The lowest BCUT2D eigenvalue weighted by atomic mass is 9.79. The number of fused-ring (bicyclic) bond motifs is 2. The number of hydrogen-bond acceptors (Lipinski definition) is 5. The quantitative estimate of drug-likeness (QED) is 0.164. The van der Waals surface area contributed by atoms with Gasteiger partial charge in [0.2, 0.25) is 0 Å². The number of ether oxygens (including phenoxy) is 2. The van der Waals surface area contributed by atoms with Crippen LogP contribution in [0.2, 0.25) is 0 Å². The summed E-state index contributed by atoms with van der Waals surface area (Å²) >= 11 is 2.03. The van der Waals surface area contributed by atoms with Gasteiger partial charge in [-0.15, -0.1) is 0 Å². The zero-order valence-corrected chi connectivity index (χ0v) is 38.0. The molecule has 0 atom stereocenters. The Hall–Kier alpha value is -3.57. The van der Waals surface area contributed by atoms with E-state index in [0.29, 0.717) is 50.4 Å². The van der Waals surface area contributed by atoms with Gasteiger partial charge in [-0.1, -0.05) is 132 Å². The van der Waals surface area contributed by atoms with E-state index >= 15 is 0 Å². The van der Waals surface area contributed by atoms with Crippen molar-refractivity contribution >= 4 is 11.8 Å². The zero-order valence-electron chi connectivity index (χ0n) is 37.2. The number of benzene rings is 4. The van der Waals surface area contributed by atoms with Gasteiger partial charge in [0.15, 0.2) is 0 Å². The minimum Gasteiger partial charge on any atom is -0.507 e. The average Bonchev–Trinajstić information content (AvgIpc) is 3.09. The monoisotopic (exact) mass is 790 g/mol. The minimum absolute atomic E-state index is 0.129. The van der Waals surface area contributed by atoms with Crippen molar-refractivity contribution < 1.29 is 19.7 Å². The van der Waals surface area contributed by atoms with Crippen LogP contribution in [0.25, 0.3) is 0 Å². The maximum absolute atomic E-state index is 12.4. The second-order valence-corrected chi connectivity index (χ2v) is 22.2. The topological polar surface area (TPSA) is 58.9 Å². The molecule has 0 radical (unpaired) electrons. The zero-order chi connectivity index (χ0) is 41.5. The van der Waals surface area contributed by atoms with Gasteiger partial charge in [-0.05, 0) is 126 Å². The summed E-state index contributed by atoms with van der Waals surface area (Å²) in [5.41, 5.74) is 12.3. The van der Waals surface area contributed by atoms with Crippen LogP contribution in [-0.4, -0.2) is 34.9 Å². The first kappa shape index (κ1) is 43.0. The predicted molar refractivity (Wildman–Crippen MR) is 242 cm³/mol. The molecule has 4 nitrogen and oxygen atoms in total. The van der Waals surface area contributed by atoms with E-state index in [1.165, 1.54) is 22.3 Å². The number of hydrogen-bond donors (Lipinski definition) is 2. The molecule has 0 saturated carbocycles. The number of rotatable bonds is 0. The molecule has 0 fully saturated rings. The number of phenolic OH excluding ortho intramolecular Hbond substituents is 2. The molecule has 10 bridgehead atoms. The van der Waals surface area contributed by atoms with E-state index in [1.54, 1.807) is 0 Å². The highest BCUT2D eigenvalue weighted by Gasteiger charge is 2.28. The van der Waals surface area contributed by atoms with E-state index in [2.05, 4.69) is 132 Å². The Bertz CT molecular complexity index is 1830. The van der Waals surface area contributed by atoms with Crippen LogP contribution in [0.15, 0.2) is 48.5 Å². The van der Waals surface area contributed by atoms with Gasteiger partial charge in [-0.2, -0.15) is 11.8 Å². The van der Waals surface area contributed by atoms with Crippen molar-refractivity contribution in [2.75, 3.05) is 24.7 Å². The second-order valence-electron chi connectivity index (χ2n) is 21.0. The Morgan fingerprint density at radius 3 is 0.877 bits per heavy atom. The summed E-state index contributed by atoms with van der Waals surface area (Å²) in [6, 6.07) is 18.1. The van der Waals surface area contributed by atoms with Crippen molar-refractivity contribution in [2.24, 2.45) is 0 Å². The van der Waals surface area contributed by atoms with Gasteiger partial charge in [0.25, 0.3) is 0 Å².